The Morgan fingerprint density at radius 1 is 0.757 bits per heavy atom. The lowest BCUT2D eigenvalue weighted by Crippen LogP contribution is -2.36. The number of phosphoric acid groups is 1. The summed E-state index contributed by atoms with van der Waals surface area (Å²) in [6, 6.07) is 9.74. The maximum Gasteiger partial charge on any atom is 0.469 e. The first-order valence-electron chi connectivity index (χ1n) is 14.5. The standard InChI is InChI=1S/C29H52BrO6P/c1-2-3-4-5-6-7-8-9-10-11-12-13-14-18-24-34-28(22-19-23-30)29(26-36-37(31,32)33)35-25-27-20-16-15-17-21-27/h15-17,20-21,28-29H,2-14,18-19,22-26H2,1H3,(H2,31,32,33). The molecule has 0 bridgehead atoms. The molecule has 0 heterocycles. The van der Waals surface area contributed by atoms with Crippen LogP contribution in [0.25, 0.3) is 0 Å². The Morgan fingerprint density at radius 2 is 1.30 bits per heavy atom. The fraction of sp³-hybridized carbons (Fsp3) is 0.793. The minimum absolute atomic E-state index is 0.206. The van der Waals surface area contributed by atoms with Gasteiger partial charge in [0.15, 0.2) is 0 Å². The van der Waals surface area contributed by atoms with E-state index in [1.807, 2.05) is 30.3 Å². The van der Waals surface area contributed by atoms with Gasteiger partial charge in [0, 0.05) is 11.9 Å². The molecule has 1 rings (SSSR count). The number of ether oxygens (including phenoxy) is 2. The summed E-state index contributed by atoms with van der Waals surface area (Å²) in [5, 5.41) is 0.830. The Balaban J connectivity index is 2.29. The van der Waals surface area contributed by atoms with Gasteiger partial charge in [0.25, 0.3) is 0 Å². The van der Waals surface area contributed by atoms with Crippen LogP contribution in [0, 0.1) is 0 Å². The number of benzene rings is 1. The summed E-state index contributed by atoms with van der Waals surface area (Å²) >= 11 is 3.47. The Bertz CT molecular complexity index is 672. The van der Waals surface area contributed by atoms with Crippen molar-refractivity contribution in [1.82, 2.24) is 0 Å². The van der Waals surface area contributed by atoms with Crippen molar-refractivity contribution in [3.8, 4) is 0 Å². The van der Waals surface area contributed by atoms with Crippen LogP contribution < -0.4 is 0 Å². The molecule has 8 heteroatoms. The molecule has 0 fully saturated rings. The summed E-state index contributed by atoms with van der Waals surface area (Å²) in [6.45, 7) is 3.01. The van der Waals surface area contributed by atoms with E-state index in [-0.39, 0.29) is 12.7 Å². The normalized spacial score (nSPS) is 13.6. The van der Waals surface area contributed by atoms with Gasteiger partial charge in [-0.15, -0.1) is 0 Å². The lowest BCUT2D eigenvalue weighted by atomic mass is 10.0. The highest BCUT2D eigenvalue weighted by Crippen LogP contribution is 2.36. The third kappa shape index (κ3) is 21.3. The molecule has 0 amide bonds. The summed E-state index contributed by atoms with van der Waals surface area (Å²) in [5.41, 5.74) is 0.995. The highest BCUT2D eigenvalue weighted by molar-refractivity contribution is 9.09. The summed E-state index contributed by atoms with van der Waals surface area (Å²) < 4.78 is 28.4. The molecular weight excluding hydrogens is 555 g/mol. The number of rotatable bonds is 26. The zero-order valence-corrected chi connectivity index (χ0v) is 25.5. The van der Waals surface area contributed by atoms with Gasteiger partial charge in [-0.1, -0.05) is 137 Å². The summed E-state index contributed by atoms with van der Waals surface area (Å²) in [4.78, 5) is 18.4. The molecule has 6 nitrogen and oxygen atoms in total. The van der Waals surface area contributed by atoms with Gasteiger partial charge in [0.1, 0.15) is 6.10 Å². The van der Waals surface area contributed by atoms with Crippen LogP contribution in [0.3, 0.4) is 0 Å². The number of unbranched alkanes of at least 4 members (excludes halogenated alkanes) is 13. The minimum atomic E-state index is -4.59. The Morgan fingerprint density at radius 3 is 1.81 bits per heavy atom. The highest BCUT2D eigenvalue weighted by atomic mass is 79.9. The van der Waals surface area contributed by atoms with E-state index >= 15 is 0 Å². The van der Waals surface area contributed by atoms with Crippen molar-refractivity contribution in [3.63, 3.8) is 0 Å². The van der Waals surface area contributed by atoms with E-state index in [1.54, 1.807) is 0 Å². The van der Waals surface area contributed by atoms with Crippen molar-refractivity contribution in [2.45, 2.75) is 128 Å². The van der Waals surface area contributed by atoms with Crippen LogP contribution in [-0.4, -0.2) is 40.5 Å². The molecule has 0 aliphatic heterocycles. The first-order valence-corrected chi connectivity index (χ1v) is 17.1. The van der Waals surface area contributed by atoms with Gasteiger partial charge in [-0.2, -0.15) is 0 Å². The average molecular weight is 608 g/mol. The van der Waals surface area contributed by atoms with Crippen LogP contribution >= 0.6 is 23.8 Å². The van der Waals surface area contributed by atoms with Crippen molar-refractivity contribution < 1.29 is 28.3 Å². The second-order valence-electron chi connectivity index (χ2n) is 9.96. The maximum absolute atomic E-state index is 11.3. The summed E-state index contributed by atoms with van der Waals surface area (Å²) in [5.74, 6) is 0. The van der Waals surface area contributed by atoms with Crippen LogP contribution in [0.1, 0.15) is 115 Å². The van der Waals surface area contributed by atoms with Gasteiger partial charge < -0.3 is 19.3 Å². The van der Waals surface area contributed by atoms with Gasteiger partial charge in [-0.05, 0) is 24.8 Å². The quantitative estimate of drug-likeness (QED) is 0.0623. The fourth-order valence-corrected chi connectivity index (χ4v) is 5.06. The molecule has 0 spiro atoms. The lowest BCUT2D eigenvalue weighted by molar-refractivity contribution is -0.100. The van der Waals surface area contributed by atoms with Crippen LogP contribution in [0.15, 0.2) is 30.3 Å². The van der Waals surface area contributed by atoms with Crippen molar-refractivity contribution >= 4 is 23.8 Å². The van der Waals surface area contributed by atoms with E-state index in [2.05, 4.69) is 22.9 Å². The predicted octanol–water partition coefficient (Wildman–Crippen LogP) is 8.72. The minimum Gasteiger partial charge on any atom is -0.375 e. The van der Waals surface area contributed by atoms with E-state index in [0.29, 0.717) is 13.2 Å². The Labute approximate surface area is 234 Å². The SMILES string of the molecule is CCCCCCCCCCCCCCCCOC(CCCBr)C(COP(=O)(O)O)OCc1ccccc1. The second-order valence-corrected chi connectivity index (χ2v) is 12.0. The van der Waals surface area contributed by atoms with Crippen LogP contribution in [0.2, 0.25) is 0 Å². The topological polar surface area (TPSA) is 85.2 Å². The average Bonchev–Trinajstić information content (AvgIpc) is 2.88. The second kappa shape index (κ2) is 23.6. The Kier molecular flexibility index (Phi) is 22.2. The van der Waals surface area contributed by atoms with Crippen molar-refractivity contribution in [3.05, 3.63) is 35.9 Å². The van der Waals surface area contributed by atoms with Crippen LogP contribution in [-0.2, 0) is 25.2 Å². The number of alkyl halides is 1. The number of hydrogen-bond acceptors (Lipinski definition) is 4. The number of phosphoric ester groups is 1. The molecule has 37 heavy (non-hydrogen) atoms. The molecule has 0 aromatic heterocycles. The van der Waals surface area contributed by atoms with Gasteiger partial charge >= 0.3 is 7.82 Å². The van der Waals surface area contributed by atoms with Crippen LogP contribution in [0.5, 0.6) is 0 Å². The number of hydrogen-bond donors (Lipinski definition) is 2. The van der Waals surface area contributed by atoms with E-state index in [0.717, 1.165) is 36.6 Å². The van der Waals surface area contributed by atoms with E-state index in [1.165, 1.54) is 77.0 Å². The highest BCUT2D eigenvalue weighted by Gasteiger charge is 2.27. The smallest absolute Gasteiger partial charge is 0.375 e. The van der Waals surface area contributed by atoms with E-state index in [9.17, 15) is 14.4 Å². The Hall–Kier alpha value is -0.270. The van der Waals surface area contributed by atoms with E-state index < -0.39 is 13.9 Å². The summed E-state index contributed by atoms with van der Waals surface area (Å²) in [6.07, 6.45) is 19.1. The molecule has 0 saturated carbocycles. The van der Waals surface area contributed by atoms with Crippen molar-refractivity contribution in [2.75, 3.05) is 18.5 Å². The monoisotopic (exact) mass is 606 g/mol. The third-order valence-electron chi connectivity index (χ3n) is 6.58. The largest absolute Gasteiger partial charge is 0.469 e. The van der Waals surface area contributed by atoms with E-state index in [4.69, 9.17) is 14.0 Å². The molecular formula is C29H52BrO6P. The molecule has 2 unspecified atom stereocenters. The van der Waals surface area contributed by atoms with Gasteiger partial charge in [-0.25, -0.2) is 4.57 Å². The molecule has 1 aromatic rings. The molecule has 0 aliphatic rings. The molecule has 2 atom stereocenters. The molecule has 216 valence electrons. The first-order chi connectivity index (χ1) is 18.0. The first kappa shape index (κ1) is 34.8. The summed E-state index contributed by atoms with van der Waals surface area (Å²) in [7, 11) is -4.59. The zero-order valence-electron chi connectivity index (χ0n) is 23.0. The molecule has 0 aliphatic carbocycles. The van der Waals surface area contributed by atoms with Crippen LogP contribution in [0.4, 0.5) is 0 Å². The molecule has 0 saturated heterocycles. The zero-order chi connectivity index (χ0) is 27.0. The molecule has 0 radical (unpaired) electrons. The van der Waals surface area contributed by atoms with Gasteiger partial charge in [0.05, 0.1) is 19.3 Å². The van der Waals surface area contributed by atoms with Crippen molar-refractivity contribution in [2.24, 2.45) is 0 Å². The maximum atomic E-state index is 11.3. The molecule has 1 aromatic carbocycles. The van der Waals surface area contributed by atoms with Crippen molar-refractivity contribution in [1.29, 1.82) is 0 Å². The lowest BCUT2D eigenvalue weighted by Gasteiger charge is -2.27. The van der Waals surface area contributed by atoms with Gasteiger partial charge in [0.2, 0.25) is 0 Å². The number of halogens is 1. The molecule has 2 N–H and O–H groups in total. The third-order valence-corrected chi connectivity index (χ3v) is 7.63. The predicted molar refractivity (Wildman–Crippen MR) is 156 cm³/mol. The fourth-order valence-electron chi connectivity index (χ4n) is 4.40. The van der Waals surface area contributed by atoms with Gasteiger partial charge in [-0.3, -0.25) is 4.52 Å².